The molecule has 0 amide bonds. The summed E-state index contributed by atoms with van der Waals surface area (Å²) in [5.74, 6) is 0.340. The molecule has 1 heteroatoms. The van der Waals surface area contributed by atoms with E-state index in [9.17, 15) is 4.79 Å². The first-order valence-electron chi connectivity index (χ1n) is 3.50. The highest BCUT2D eigenvalue weighted by molar-refractivity contribution is 5.94. The van der Waals surface area contributed by atoms with Crippen LogP contribution in [0.5, 0.6) is 0 Å². The number of rotatable bonds is 0. The third kappa shape index (κ3) is 1.67. The Hall–Kier alpha value is -0.590. The van der Waals surface area contributed by atoms with E-state index in [-0.39, 0.29) is 0 Å². The van der Waals surface area contributed by atoms with Gasteiger partial charge in [-0.3, -0.25) is 4.79 Å². The number of hydrogen-bond acceptors (Lipinski definition) is 1. The topological polar surface area (TPSA) is 17.1 Å². The third-order valence-electron chi connectivity index (χ3n) is 1.75. The fourth-order valence-electron chi connectivity index (χ4n) is 1.06. The largest absolute Gasteiger partial charge is 0.295 e. The molecule has 0 aromatic carbocycles. The molecule has 0 bridgehead atoms. The third-order valence-corrected chi connectivity index (χ3v) is 1.75. The summed E-state index contributed by atoms with van der Waals surface area (Å²) < 4.78 is 0. The molecule has 0 N–H and O–H groups in total. The van der Waals surface area contributed by atoms with Crippen molar-refractivity contribution in [3.8, 4) is 0 Å². The molecule has 1 aliphatic carbocycles. The van der Waals surface area contributed by atoms with Crippen molar-refractivity contribution in [2.75, 3.05) is 0 Å². The highest BCUT2D eigenvalue weighted by atomic mass is 16.1. The van der Waals surface area contributed by atoms with E-state index in [1.54, 1.807) is 0 Å². The van der Waals surface area contributed by atoms with Crippen LogP contribution in [0.3, 0.4) is 0 Å². The molecule has 1 nitrogen and oxygen atoms in total. The average Bonchev–Trinajstić information content (AvgIpc) is 1.99. The summed E-state index contributed by atoms with van der Waals surface area (Å²) in [6, 6.07) is 0. The number of Topliss-reactive ketones (excluding diaryl/α,β-unsaturated/α-hetero) is 1. The van der Waals surface area contributed by atoms with E-state index in [1.165, 1.54) is 6.42 Å². The van der Waals surface area contributed by atoms with Gasteiger partial charge in [-0.2, -0.15) is 0 Å². The van der Waals surface area contributed by atoms with Crippen LogP contribution in [0.15, 0.2) is 11.6 Å². The second-order valence-corrected chi connectivity index (χ2v) is 2.56. The smallest absolute Gasteiger partial charge is 0.158 e. The van der Waals surface area contributed by atoms with E-state index >= 15 is 0 Å². The van der Waals surface area contributed by atoms with Crippen molar-refractivity contribution in [1.29, 1.82) is 0 Å². The van der Waals surface area contributed by atoms with Crippen LogP contribution in [0.4, 0.5) is 0 Å². The zero-order chi connectivity index (χ0) is 6.69. The van der Waals surface area contributed by atoms with Crippen molar-refractivity contribution < 1.29 is 4.79 Å². The summed E-state index contributed by atoms with van der Waals surface area (Å²) in [5.41, 5.74) is 0.965. The van der Waals surface area contributed by atoms with Crippen molar-refractivity contribution in [2.45, 2.75) is 32.6 Å². The van der Waals surface area contributed by atoms with Crippen molar-refractivity contribution in [3.63, 3.8) is 0 Å². The molecule has 0 heterocycles. The van der Waals surface area contributed by atoms with Crippen molar-refractivity contribution >= 4 is 5.78 Å². The summed E-state index contributed by atoms with van der Waals surface area (Å²) in [6.07, 6.45) is 6.17. The Bertz CT molecular complexity index is 145. The van der Waals surface area contributed by atoms with Crippen LogP contribution in [0.2, 0.25) is 0 Å². The molecule has 0 unspecified atom stereocenters. The van der Waals surface area contributed by atoms with E-state index < -0.39 is 0 Å². The second-order valence-electron chi connectivity index (χ2n) is 2.56. The molecule has 50 valence electrons. The number of carbonyl (C=O) groups excluding carboxylic acids is 1. The van der Waals surface area contributed by atoms with Crippen LogP contribution in [0.1, 0.15) is 32.6 Å². The molecule has 0 saturated carbocycles. The average molecular weight is 124 g/mol. The Balaban J connectivity index is 2.61. The minimum absolute atomic E-state index is 0.340. The number of allylic oxidation sites excluding steroid dienone is 2. The molecular formula is C8H12O. The standard InChI is InChI=1S/C8H12O/c1-7-5-3-2-4-6-8(7)9/h5H,2-4,6H2,1H3. The molecule has 0 saturated heterocycles. The second kappa shape index (κ2) is 2.81. The Labute approximate surface area is 55.8 Å². The van der Waals surface area contributed by atoms with Gasteiger partial charge in [0.15, 0.2) is 5.78 Å². The van der Waals surface area contributed by atoms with Crippen LogP contribution in [-0.4, -0.2) is 5.78 Å². The van der Waals surface area contributed by atoms with E-state index in [4.69, 9.17) is 0 Å². The molecule has 0 aromatic rings. The lowest BCUT2D eigenvalue weighted by molar-refractivity contribution is -0.115. The van der Waals surface area contributed by atoms with Gasteiger partial charge in [-0.25, -0.2) is 0 Å². The Morgan fingerprint density at radius 3 is 3.00 bits per heavy atom. The molecule has 9 heavy (non-hydrogen) atoms. The fraction of sp³-hybridized carbons (Fsp3) is 0.625. The van der Waals surface area contributed by atoms with Gasteiger partial charge in [0.1, 0.15) is 0 Å². The van der Waals surface area contributed by atoms with Crippen LogP contribution in [0, 0.1) is 0 Å². The van der Waals surface area contributed by atoms with E-state index in [2.05, 4.69) is 6.08 Å². The lowest BCUT2D eigenvalue weighted by atomic mass is 10.1. The predicted molar refractivity (Wildman–Crippen MR) is 37.2 cm³/mol. The van der Waals surface area contributed by atoms with Crippen molar-refractivity contribution in [2.24, 2.45) is 0 Å². The SMILES string of the molecule is CC1=CCCCCC1=O. The summed E-state index contributed by atoms with van der Waals surface area (Å²) in [7, 11) is 0. The van der Waals surface area contributed by atoms with Gasteiger partial charge in [0.2, 0.25) is 0 Å². The fourth-order valence-corrected chi connectivity index (χ4v) is 1.06. The molecule has 0 atom stereocenters. The number of ketones is 1. The molecule has 0 aromatic heterocycles. The first kappa shape index (κ1) is 6.53. The maximum absolute atomic E-state index is 10.9. The van der Waals surface area contributed by atoms with E-state index in [0.29, 0.717) is 5.78 Å². The Morgan fingerprint density at radius 1 is 1.44 bits per heavy atom. The molecule has 0 aliphatic heterocycles. The molecule has 1 rings (SSSR count). The van der Waals surface area contributed by atoms with Crippen molar-refractivity contribution in [3.05, 3.63) is 11.6 Å². The summed E-state index contributed by atoms with van der Waals surface area (Å²) in [6.45, 7) is 1.91. The first-order valence-corrected chi connectivity index (χ1v) is 3.50. The Kier molecular flexibility index (Phi) is 2.04. The molecule has 0 radical (unpaired) electrons. The van der Waals surface area contributed by atoms with Crippen LogP contribution < -0.4 is 0 Å². The summed E-state index contributed by atoms with van der Waals surface area (Å²) >= 11 is 0. The van der Waals surface area contributed by atoms with Gasteiger partial charge < -0.3 is 0 Å². The van der Waals surface area contributed by atoms with Gasteiger partial charge in [-0.05, 0) is 31.8 Å². The molecule has 1 aliphatic rings. The first-order chi connectivity index (χ1) is 4.30. The minimum atomic E-state index is 0.340. The predicted octanol–water partition coefficient (Wildman–Crippen LogP) is 2.08. The van der Waals surface area contributed by atoms with Crippen LogP contribution in [0.25, 0.3) is 0 Å². The lowest BCUT2D eigenvalue weighted by Crippen LogP contribution is -1.95. The zero-order valence-electron chi connectivity index (χ0n) is 5.81. The van der Waals surface area contributed by atoms with Crippen molar-refractivity contribution in [1.82, 2.24) is 0 Å². The highest BCUT2D eigenvalue weighted by Crippen LogP contribution is 2.12. The molecule has 0 spiro atoms. The number of hydrogen-bond donors (Lipinski definition) is 0. The summed E-state index contributed by atoms with van der Waals surface area (Å²) in [5, 5.41) is 0. The zero-order valence-corrected chi connectivity index (χ0v) is 5.81. The van der Waals surface area contributed by atoms with Gasteiger partial charge in [0, 0.05) is 6.42 Å². The number of carbonyl (C=O) groups is 1. The van der Waals surface area contributed by atoms with Gasteiger partial charge in [-0.1, -0.05) is 6.08 Å². The molecular weight excluding hydrogens is 112 g/mol. The van der Waals surface area contributed by atoms with Crippen LogP contribution in [-0.2, 0) is 4.79 Å². The normalized spacial score (nSPS) is 21.0. The monoisotopic (exact) mass is 124 g/mol. The Morgan fingerprint density at radius 2 is 2.22 bits per heavy atom. The lowest BCUT2D eigenvalue weighted by Gasteiger charge is -1.91. The highest BCUT2D eigenvalue weighted by Gasteiger charge is 2.06. The molecule has 0 fully saturated rings. The van der Waals surface area contributed by atoms with Gasteiger partial charge in [-0.15, -0.1) is 0 Å². The summed E-state index contributed by atoms with van der Waals surface area (Å²) in [4.78, 5) is 10.9. The van der Waals surface area contributed by atoms with Crippen LogP contribution >= 0.6 is 0 Å². The quantitative estimate of drug-likeness (QED) is 0.483. The van der Waals surface area contributed by atoms with Gasteiger partial charge in [0.25, 0.3) is 0 Å². The van der Waals surface area contributed by atoms with Gasteiger partial charge >= 0.3 is 0 Å². The maximum atomic E-state index is 10.9. The minimum Gasteiger partial charge on any atom is -0.295 e. The maximum Gasteiger partial charge on any atom is 0.158 e. The van der Waals surface area contributed by atoms with E-state index in [0.717, 1.165) is 24.8 Å². The van der Waals surface area contributed by atoms with Gasteiger partial charge in [0.05, 0.1) is 0 Å². The van der Waals surface area contributed by atoms with E-state index in [1.807, 2.05) is 6.92 Å².